The number of likely N-dealkylation sites (tertiary alicyclic amines) is 1. The van der Waals surface area contributed by atoms with Crippen LogP contribution in [0.4, 0.5) is 0 Å². The predicted molar refractivity (Wildman–Crippen MR) is 109 cm³/mol. The molecule has 4 nitrogen and oxygen atoms in total. The Bertz CT molecular complexity index is 837. The summed E-state index contributed by atoms with van der Waals surface area (Å²) < 4.78 is 12.2. The molecule has 146 valence electrons. The number of hydrogen-bond donors (Lipinski definition) is 0. The predicted octanol–water partition coefficient (Wildman–Crippen LogP) is 4.95. The summed E-state index contributed by atoms with van der Waals surface area (Å²) in [4.78, 5) is 15.3. The van der Waals surface area contributed by atoms with Crippen LogP contribution in [0.3, 0.4) is 0 Å². The molecule has 0 radical (unpaired) electrons. The maximum atomic E-state index is 13.0. The minimum Gasteiger partial charge on any atom is -0.490 e. The topological polar surface area (TPSA) is 42.7 Å². The second kappa shape index (κ2) is 8.05. The molecule has 4 heteroatoms. The lowest BCUT2D eigenvalue weighted by atomic mass is 9.84. The number of nitrogens with zero attached hydrogens (tertiary/aromatic N) is 1. The van der Waals surface area contributed by atoms with E-state index in [9.17, 15) is 4.79 Å². The van der Waals surface area contributed by atoms with Gasteiger partial charge in [-0.1, -0.05) is 26.2 Å². The van der Waals surface area contributed by atoms with Gasteiger partial charge in [-0.25, -0.2) is 0 Å². The van der Waals surface area contributed by atoms with Crippen LogP contribution in [-0.4, -0.2) is 31.1 Å². The number of hydrogen-bond acceptors (Lipinski definition) is 4. The van der Waals surface area contributed by atoms with Gasteiger partial charge in [0.15, 0.2) is 5.43 Å². The van der Waals surface area contributed by atoms with Crippen LogP contribution in [0, 0.1) is 5.92 Å². The maximum absolute atomic E-state index is 13.0. The Morgan fingerprint density at radius 2 is 1.93 bits per heavy atom. The van der Waals surface area contributed by atoms with E-state index in [4.69, 9.17) is 9.15 Å². The summed E-state index contributed by atoms with van der Waals surface area (Å²) in [6, 6.07) is 5.71. The molecule has 0 amide bonds. The van der Waals surface area contributed by atoms with Gasteiger partial charge in [-0.2, -0.15) is 0 Å². The van der Waals surface area contributed by atoms with Crippen molar-refractivity contribution in [2.75, 3.05) is 20.1 Å². The summed E-state index contributed by atoms with van der Waals surface area (Å²) in [5.74, 6) is 1.64. The Hall–Kier alpha value is -1.81. The van der Waals surface area contributed by atoms with Gasteiger partial charge in [0.25, 0.3) is 0 Å². The lowest BCUT2D eigenvalue weighted by molar-refractivity contribution is 0.131. The molecule has 2 heterocycles. The molecule has 2 aromatic rings. The van der Waals surface area contributed by atoms with Gasteiger partial charge in [0.1, 0.15) is 17.4 Å². The zero-order chi connectivity index (χ0) is 18.8. The minimum atomic E-state index is 0.138. The van der Waals surface area contributed by atoms with E-state index in [0.717, 1.165) is 50.1 Å². The van der Waals surface area contributed by atoms with Crippen molar-refractivity contribution in [2.24, 2.45) is 5.92 Å². The summed E-state index contributed by atoms with van der Waals surface area (Å²) in [7, 11) is 2.17. The van der Waals surface area contributed by atoms with Crippen molar-refractivity contribution in [1.82, 2.24) is 4.90 Å². The smallest absolute Gasteiger partial charge is 0.196 e. The van der Waals surface area contributed by atoms with E-state index in [1.54, 1.807) is 6.26 Å². The molecule has 2 fully saturated rings. The molecule has 1 aliphatic heterocycles. The second-order valence-corrected chi connectivity index (χ2v) is 8.55. The minimum absolute atomic E-state index is 0.138. The third-order valence-corrected chi connectivity index (χ3v) is 6.37. The van der Waals surface area contributed by atoms with Crippen molar-refractivity contribution < 1.29 is 9.15 Å². The highest BCUT2D eigenvalue weighted by molar-refractivity contribution is 5.78. The van der Waals surface area contributed by atoms with Crippen molar-refractivity contribution in [3.63, 3.8) is 0 Å². The molecule has 2 unspecified atom stereocenters. The molecule has 1 aromatic carbocycles. The Kier molecular flexibility index (Phi) is 5.53. The van der Waals surface area contributed by atoms with Gasteiger partial charge in [0, 0.05) is 24.1 Å². The summed E-state index contributed by atoms with van der Waals surface area (Å²) in [6.07, 6.45) is 10.0. The SMILES string of the molecule is CC1CN(C)CCCC1Oc1ccc2c(=O)c(C3CCCCC3)coc2c1. The van der Waals surface area contributed by atoms with Crippen LogP contribution in [0.2, 0.25) is 0 Å². The van der Waals surface area contributed by atoms with E-state index in [1.807, 2.05) is 18.2 Å². The van der Waals surface area contributed by atoms with E-state index >= 15 is 0 Å². The Morgan fingerprint density at radius 3 is 2.74 bits per heavy atom. The molecule has 1 aromatic heterocycles. The molecule has 0 spiro atoms. The van der Waals surface area contributed by atoms with Crippen LogP contribution in [0.1, 0.15) is 63.4 Å². The Balaban J connectivity index is 1.56. The normalized spacial score (nSPS) is 25.4. The lowest BCUT2D eigenvalue weighted by Crippen LogP contribution is -2.30. The summed E-state index contributed by atoms with van der Waals surface area (Å²) in [5.41, 5.74) is 1.63. The van der Waals surface area contributed by atoms with Gasteiger partial charge >= 0.3 is 0 Å². The molecule has 2 atom stereocenters. The number of ether oxygens (including phenoxy) is 1. The highest BCUT2D eigenvalue weighted by Crippen LogP contribution is 2.32. The monoisotopic (exact) mass is 369 g/mol. The Morgan fingerprint density at radius 1 is 1.11 bits per heavy atom. The maximum Gasteiger partial charge on any atom is 0.196 e. The zero-order valence-electron chi connectivity index (χ0n) is 16.6. The van der Waals surface area contributed by atoms with Gasteiger partial charge in [-0.05, 0) is 57.3 Å². The highest BCUT2D eigenvalue weighted by Gasteiger charge is 2.24. The lowest BCUT2D eigenvalue weighted by Gasteiger charge is -2.24. The van der Waals surface area contributed by atoms with E-state index in [2.05, 4.69) is 18.9 Å². The first-order valence-corrected chi connectivity index (χ1v) is 10.5. The van der Waals surface area contributed by atoms with Crippen molar-refractivity contribution in [3.05, 3.63) is 40.2 Å². The van der Waals surface area contributed by atoms with Crippen LogP contribution in [0.15, 0.2) is 33.7 Å². The molecular weight excluding hydrogens is 338 g/mol. The standard InChI is InChI=1S/C23H31NO3/c1-16-14-24(2)12-6-9-21(16)27-18-10-11-19-22(13-18)26-15-20(23(19)25)17-7-4-3-5-8-17/h10-11,13,15-17,21H,3-9,12,14H2,1-2H3. The average Bonchev–Trinajstić information content (AvgIpc) is 2.83. The number of fused-ring (bicyclic) bond motifs is 1. The zero-order valence-corrected chi connectivity index (χ0v) is 16.6. The first kappa shape index (κ1) is 18.5. The average molecular weight is 370 g/mol. The Labute approximate surface area is 161 Å². The van der Waals surface area contributed by atoms with Gasteiger partial charge in [-0.3, -0.25) is 4.79 Å². The first-order chi connectivity index (χ1) is 13.1. The van der Waals surface area contributed by atoms with Gasteiger partial charge in [0.2, 0.25) is 0 Å². The van der Waals surface area contributed by atoms with E-state index in [1.165, 1.54) is 19.3 Å². The van der Waals surface area contributed by atoms with Gasteiger partial charge in [-0.15, -0.1) is 0 Å². The molecule has 1 aliphatic carbocycles. The van der Waals surface area contributed by atoms with Crippen molar-refractivity contribution in [3.8, 4) is 5.75 Å². The molecule has 1 saturated heterocycles. The molecular formula is C23H31NO3. The number of benzene rings is 1. The van der Waals surface area contributed by atoms with Crippen molar-refractivity contribution in [2.45, 2.75) is 63.9 Å². The highest BCUT2D eigenvalue weighted by atomic mass is 16.5. The third kappa shape index (κ3) is 4.06. The molecule has 1 saturated carbocycles. The molecule has 27 heavy (non-hydrogen) atoms. The first-order valence-electron chi connectivity index (χ1n) is 10.5. The van der Waals surface area contributed by atoms with Crippen molar-refractivity contribution in [1.29, 1.82) is 0 Å². The third-order valence-electron chi connectivity index (χ3n) is 6.37. The quantitative estimate of drug-likeness (QED) is 0.768. The van der Waals surface area contributed by atoms with Crippen LogP contribution >= 0.6 is 0 Å². The summed E-state index contributed by atoms with van der Waals surface area (Å²) >= 11 is 0. The fourth-order valence-electron chi connectivity index (χ4n) is 4.79. The van der Waals surface area contributed by atoms with Crippen molar-refractivity contribution >= 4 is 11.0 Å². The second-order valence-electron chi connectivity index (χ2n) is 8.55. The van der Waals surface area contributed by atoms with E-state index in [-0.39, 0.29) is 11.5 Å². The largest absolute Gasteiger partial charge is 0.490 e. The van der Waals surface area contributed by atoms with Crippen LogP contribution in [0.5, 0.6) is 5.75 Å². The van der Waals surface area contributed by atoms with Gasteiger partial charge in [0.05, 0.1) is 11.6 Å². The van der Waals surface area contributed by atoms with E-state index < -0.39 is 0 Å². The van der Waals surface area contributed by atoms with E-state index in [0.29, 0.717) is 22.8 Å². The molecule has 2 aliphatic rings. The summed E-state index contributed by atoms with van der Waals surface area (Å²) in [6.45, 7) is 4.43. The van der Waals surface area contributed by atoms with Gasteiger partial charge < -0.3 is 14.1 Å². The molecule has 0 N–H and O–H groups in total. The fraction of sp³-hybridized carbons (Fsp3) is 0.609. The summed E-state index contributed by atoms with van der Waals surface area (Å²) in [5, 5.41) is 0.680. The molecule has 0 bridgehead atoms. The van der Waals surface area contributed by atoms with Crippen LogP contribution < -0.4 is 10.2 Å². The fourth-order valence-corrected chi connectivity index (χ4v) is 4.79. The van der Waals surface area contributed by atoms with Crippen LogP contribution in [-0.2, 0) is 0 Å². The molecule has 4 rings (SSSR count). The number of rotatable bonds is 3. The van der Waals surface area contributed by atoms with Crippen LogP contribution in [0.25, 0.3) is 11.0 Å².